The first kappa shape index (κ1) is 20.3. The molecular weight excluding hydrogens is 396 g/mol. The number of aromatic nitrogens is 5. The molecule has 0 aliphatic heterocycles. The Morgan fingerprint density at radius 2 is 1.77 bits per heavy atom. The zero-order valence-corrected chi connectivity index (χ0v) is 17.1. The molecule has 0 unspecified atom stereocenters. The molecule has 0 saturated heterocycles. The van der Waals surface area contributed by atoms with Crippen molar-refractivity contribution in [1.29, 1.82) is 0 Å². The minimum Gasteiger partial charge on any atom is -0.307 e. The van der Waals surface area contributed by atoms with Crippen molar-refractivity contribution in [3.8, 4) is 0 Å². The molecule has 0 fully saturated rings. The highest BCUT2D eigenvalue weighted by atomic mass is 16.2. The predicted octanol–water partition coefficient (Wildman–Crippen LogP) is 2.35. The molecule has 2 aromatic carbocycles. The second-order valence-corrected chi connectivity index (χ2v) is 7.54. The predicted molar refractivity (Wildman–Crippen MR) is 117 cm³/mol. The lowest BCUT2D eigenvalue weighted by Gasteiger charge is -2.18. The maximum Gasteiger partial charge on any atom is 0.329 e. The summed E-state index contributed by atoms with van der Waals surface area (Å²) in [6, 6.07) is 14.8. The molecule has 0 spiro atoms. The highest BCUT2D eigenvalue weighted by Gasteiger charge is 2.26. The molecule has 0 aliphatic carbocycles. The Morgan fingerprint density at radius 3 is 2.48 bits per heavy atom. The van der Waals surface area contributed by atoms with Crippen LogP contribution in [0.5, 0.6) is 0 Å². The lowest BCUT2D eigenvalue weighted by atomic mass is 10.0. The van der Waals surface area contributed by atoms with Gasteiger partial charge in [0.05, 0.1) is 10.9 Å². The van der Waals surface area contributed by atoms with Gasteiger partial charge < -0.3 is 4.98 Å². The largest absolute Gasteiger partial charge is 0.329 e. The molecule has 4 aromatic rings. The van der Waals surface area contributed by atoms with Crippen molar-refractivity contribution in [2.45, 2.75) is 32.2 Å². The lowest BCUT2D eigenvalue weighted by Crippen LogP contribution is -2.43. The third kappa shape index (κ3) is 4.16. The molecule has 1 amide bonds. The Hall–Kier alpha value is -4.01. The van der Waals surface area contributed by atoms with Crippen LogP contribution in [0.1, 0.15) is 37.2 Å². The Morgan fingerprint density at radius 1 is 1.06 bits per heavy atom. The van der Waals surface area contributed by atoms with Crippen LogP contribution < -0.4 is 16.6 Å². The van der Waals surface area contributed by atoms with Crippen LogP contribution in [0.4, 0.5) is 5.95 Å². The van der Waals surface area contributed by atoms with Crippen LogP contribution in [-0.4, -0.2) is 30.6 Å². The van der Waals surface area contributed by atoms with Crippen LogP contribution in [0.15, 0.2) is 64.2 Å². The molecule has 158 valence electrons. The number of aromatic amines is 2. The summed E-state index contributed by atoms with van der Waals surface area (Å²) in [5.41, 5.74) is 0.0362. The van der Waals surface area contributed by atoms with Crippen LogP contribution >= 0.6 is 0 Å². The molecule has 9 heteroatoms. The topological polar surface area (TPSA) is 126 Å². The number of carbonyl (C=O) groups is 1. The number of nitrogens with zero attached hydrogens (tertiary/aromatic N) is 3. The number of hydrogen-bond acceptors (Lipinski definition) is 5. The maximum atomic E-state index is 13.2. The third-order valence-corrected chi connectivity index (χ3v) is 5.01. The third-order valence-electron chi connectivity index (χ3n) is 5.01. The second kappa shape index (κ2) is 8.39. The van der Waals surface area contributed by atoms with Gasteiger partial charge >= 0.3 is 5.69 Å². The highest BCUT2D eigenvalue weighted by Crippen LogP contribution is 2.16. The van der Waals surface area contributed by atoms with Gasteiger partial charge in [0.2, 0.25) is 5.95 Å². The second-order valence-electron chi connectivity index (χ2n) is 7.54. The van der Waals surface area contributed by atoms with E-state index < -0.39 is 23.2 Å². The summed E-state index contributed by atoms with van der Waals surface area (Å²) in [5.74, 6) is 0.262. The molecule has 0 saturated carbocycles. The average molecular weight is 418 g/mol. The van der Waals surface area contributed by atoms with Crippen molar-refractivity contribution in [3.63, 3.8) is 0 Å². The Bertz CT molecular complexity index is 1340. The molecule has 2 aromatic heterocycles. The van der Waals surface area contributed by atoms with Gasteiger partial charge in [-0.05, 0) is 17.7 Å². The molecular formula is C22H22N6O3. The Kier molecular flexibility index (Phi) is 5.48. The molecule has 9 nitrogen and oxygen atoms in total. The average Bonchev–Trinajstić information content (AvgIpc) is 3.22. The Labute approximate surface area is 177 Å². The van der Waals surface area contributed by atoms with E-state index in [-0.39, 0.29) is 18.3 Å². The minimum absolute atomic E-state index is 0.0945. The molecule has 31 heavy (non-hydrogen) atoms. The zero-order valence-electron chi connectivity index (χ0n) is 17.1. The number of amides is 1. The smallest absolute Gasteiger partial charge is 0.307 e. The standard InChI is InChI=1S/C22H22N6O3/c1-13(2)18-24-21(27-26-18)25-19(29)17(12-14-8-4-3-5-9-14)28-20(30)15-10-6-7-11-16(15)23-22(28)31/h3-11,13,17H,12H2,1-2H3,(H,23,31)(H2,24,25,26,27,29)/t17-/m1/s1. The van der Waals surface area contributed by atoms with E-state index >= 15 is 0 Å². The van der Waals surface area contributed by atoms with Gasteiger partial charge in [0.1, 0.15) is 11.9 Å². The number of carbonyl (C=O) groups excluding carboxylic acids is 1. The fourth-order valence-corrected chi connectivity index (χ4v) is 3.38. The van der Waals surface area contributed by atoms with Gasteiger partial charge in [0.25, 0.3) is 11.5 Å². The van der Waals surface area contributed by atoms with Crippen LogP contribution in [-0.2, 0) is 11.2 Å². The SMILES string of the molecule is CC(C)c1nc(NC(=O)[C@@H](Cc2ccccc2)n2c(=O)[nH]c3ccccc3c2=O)n[nH]1. The monoisotopic (exact) mass is 418 g/mol. The molecule has 0 radical (unpaired) electrons. The number of rotatable bonds is 6. The van der Waals surface area contributed by atoms with Crippen molar-refractivity contribution in [1.82, 2.24) is 24.7 Å². The lowest BCUT2D eigenvalue weighted by molar-refractivity contribution is -0.119. The first-order chi connectivity index (χ1) is 14.9. The van der Waals surface area contributed by atoms with E-state index in [9.17, 15) is 14.4 Å². The van der Waals surface area contributed by atoms with E-state index in [0.717, 1.165) is 10.1 Å². The summed E-state index contributed by atoms with van der Waals surface area (Å²) in [6.45, 7) is 3.89. The molecule has 1 atom stereocenters. The Balaban J connectivity index is 1.77. The van der Waals surface area contributed by atoms with Gasteiger partial charge in [-0.25, -0.2) is 9.36 Å². The zero-order chi connectivity index (χ0) is 22.0. The first-order valence-electron chi connectivity index (χ1n) is 9.94. The number of benzene rings is 2. The number of nitrogens with one attached hydrogen (secondary N) is 3. The summed E-state index contributed by atoms with van der Waals surface area (Å²) < 4.78 is 0.959. The first-order valence-corrected chi connectivity index (χ1v) is 9.94. The minimum atomic E-state index is -1.09. The molecule has 0 aliphatic rings. The number of hydrogen-bond donors (Lipinski definition) is 3. The van der Waals surface area contributed by atoms with Crippen LogP contribution in [0.2, 0.25) is 0 Å². The summed E-state index contributed by atoms with van der Waals surface area (Å²) in [5, 5.41) is 9.75. The summed E-state index contributed by atoms with van der Waals surface area (Å²) in [6.07, 6.45) is 0.148. The van der Waals surface area contributed by atoms with Crippen molar-refractivity contribution in [2.24, 2.45) is 0 Å². The quantitative estimate of drug-likeness (QED) is 0.443. The van der Waals surface area contributed by atoms with E-state index in [1.54, 1.807) is 24.3 Å². The summed E-state index contributed by atoms with van der Waals surface area (Å²) in [7, 11) is 0. The van der Waals surface area contributed by atoms with Gasteiger partial charge in [-0.2, -0.15) is 4.98 Å². The van der Waals surface area contributed by atoms with Crippen molar-refractivity contribution < 1.29 is 4.79 Å². The number of fused-ring (bicyclic) bond motifs is 1. The fourth-order valence-electron chi connectivity index (χ4n) is 3.38. The number of para-hydroxylation sites is 1. The summed E-state index contributed by atoms with van der Waals surface area (Å²) in [4.78, 5) is 46.2. The van der Waals surface area contributed by atoms with Gasteiger partial charge in [0.15, 0.2) is 0 Å². The van der Waals surface area contributed by atoms with Crippen LogP contribution in [0, 0.1) is 0 Å². The fraction of sp³-hybridized carbons (Fsp3) is 0.227. The van der Waals surface area contributed by atoms with Crippen molar-refractivity contribution in [3.05, 3.63) is 86.8 Å². The number of H-pyrrole nitrogens is 2. The van der Waals surface area contributed by atoms with Crippen molar-refractivity contribution in [2.75, 3.05) is 5.32 Å². The van der Waals surface area contributed by atoms with E-state index in [1.807, 2.05) is 44.2 Å². The molecule has 0 bridgehead atoms. The van der Waals surface area contributed by atoms with Gasteiger partial charge in [-0.3, -0.25) is 20.0 Å². The van der Waals surface area contributed by atoms with Gasteiger partial charge in [0, 0.05) is 12.3 Å². The van der Waals surface area contributed by atoms with Gasteiger partial charge in [-0.1, -0.05) is 56.3 Å². The van der Waals surface area contributed by atoms with E-state index in [0.29, 0.717) is 16.7 Å². The molecule has 3 N–H and O–H groups in total. The van der Waals surface area contributed by atoms with Crippen LogP contribution in [0.3, 0.4) is 0 Å². The van der Waals surface area contributed by atoms with Gasteiger partial charge in [-0.15, -0.1) is 5.10 Å². The number of anilines is 1. The highest BCUT2D eigenvalue weighted by molar-refractivity contribution is 5.92. The summed E-state index contributed by atoms with van der Waals surface area (Å²) >= 11 is 0. The van der Waals surface area contributed by atoms with Crippen molar-refractivity contribution >= 4 is 22.8 Å². The van der Waals surface area contributed by atoms with E-state index in [2.05, 4.69) is 25.5 Å². The maximum absolute atomic E-state index is 13.2. The molecule has 4 rings (SSSR count). The van der Waals surface area contributed by atoms with E-state index in [4.69, 9.17) is 0 Å². The van der Waals surface area contributed by atoms with E-state index in [1.165, 1.54) is 0 Å². The normalized spacial score (nSPS) is 12.2. The van der Waals surface area contributed by atoms with Crippen LogP contribution in [0.25, 0.3) is 10.9 Å². The molecule has 2 heterocycles.